The lowest BCUT2D eigenvalue weighted by molar-refractivity contribution is 0.0479. The van der Waals surface area contributed by atoms with Crippen molar-refractivity contribution in [2.75, 3.05) is 0 Å². The van der Waals surface area contributed by atoms with E-state index in [0.29, 0.717) is 17.3 Å². The van der Waals surface area contributed by atoms with Crippen molar-refractivity contribution >= 4 is 14.6 Å². The Bertz CT molecular complexity index is 695. The van der Waals surface area contributed by atoms with Crippen LogP contribution in [0.4, 0.5) is 8.78 Å². The molecule has 1 aliphatic carbocycles. The van der Waals surface area contributed by atoms with Crippen molar-refractivity contribution < 1.29 is 13.6 Å². The van der Waals surface area contributed by atoms with Crippen LogP contribution in [0, 0.1) is 6.92 Å². The molecule has 4 heteroatoms. The van der Waals surface area contributed by atoms with E-state index in [9.17, 15) is 13.6 Å². The molecule has 1 nitrogen and oxygen atoms in total. The fourth-order valence-corrected chi connectivity index (χ4v) is 3.19. The highest BCUT2D eigenvalue weighted by atomic mass is 31.1. The number of benzene rings is 2. The largest absolute Gasteiger partial charge is 0.299 e. The minimum absolute atomic E-state index is 0.0614. The van der Waals surface area contributed by atoms with Crippen LogP contribution >= 0.6 is 8.58 Å². The summed E-state index contributed by atoms with van der Waals surface area (Å²) in [6, 6.07) is 11.1. The molecular weight excluding hydrogens is 277 g/mol. The summed E-state index contributed by atoms with van der Waals surface area (Å²) in [4.78, 5) is 10.4. The molecule has 0 bridgehead atoms. The zero-order valence-electron chi connectivity index (χ0n) is 10.9. The molecule has 0 N–H and O–H groups in total. The van der Waals surface area contributed by atoms with Crippen LogP contribution in [0.15, 0.2) is 36.4 Å². The predicted octanol–water partition coefficient (Wildman–Crippen LogP) is 4.48. The summed E-state index contributed by atoms with van der Waals surface area (Å²) in [6.45, 7) is 1.82. The molecule has 0 spiro atoms. The van der Waals surface area contributed by atoms with E-state index in [1.165, 1.54) is 0 Å². The minimum atomic E-state index is -2.95. The molecule has 1 unspecified atom stereocenters. The highest BCUT2D eigenvalue weighted by molar-refractivity contribution is 7.54. The van der Waals surface area contributed by atoms with Crippen LogP contribution in [-0.2, 0) is 16.9 Å². The van der Waals surface area contributed by atoms with Crippen molar-refractivity contribution in [3.05, 3.63) is 58.7 Å². The third-order valence-electron chi connectivity index (χ3n) is 3.62. The molecule has 2 aromatic rings. The molecule has 0 radical (unpaired) electrons. The fourth-order valence-electron chi connectivity index (χ4n) is 2.65. The fraction of sp³-hybridized carbons (Fsp3) is 0.188. The van der Waals surface area contributed by atoms with E-state index in [-0.39, 0.29) is 19.7 Å². The van der Waals surface area contributed by atoms with Gasteiger partial charge in [-0.2, -0.15) is 8.78 Å². The Balaban J connectivity index is 2.14. The number of aryl methyl sites for hydroxylation is 1. The second-order valence-corrected chi connectivity index (χ2v) is 6.00. The summed E-state index contributed by atoms with van der Waals surface area (Å²) in [5.41, 5.74) is 2.98. The summed E-state index contributed by atoms with van der Waals surface area (Å²) in [6.07, 6.45) is 0.530. The molecule has 0 aliphatic heterocycles. The van der Waals surface area contributed by atoms with Gasteiger partial charge in [-0.1, -0.05) is 29.8 Å². The molecular formula is C16H13F2OP. The highest BCUT2D eigenvalue weighted by Crippen LogP contribution is 2.51. The first kappa shape index (κ1) is 13.4. The molecule has 0 amide bonds. The second-order valence-electron chi connectivity index (χ2n) is 5.00. The van der Waals surface area contributed by atoms with Gasteiger partial charge in [0.05, 0.1) is 0 Å². The van der Waals surface area contributed by atoms with Crippen LogP contribution in [0.2, 0.25) is 0 Å². The maximum atomic E-state index is 14.5. The van der Waals surface area contributed by atoms with E-state index in [1.54, 1.807) is 24.3 Å². The molecule has 2 aromatic carbocycles. The Morgan fingerprint density at radius 3 is 2.45 bits per heavy atom. The Morgan fingerprint density at radius 1 is 1.10 bits per heavy atom. The van der Waals surface area contributed by atoms with Crippen LogP contribution in [0.5, 0.6) is 0 Å². The Labute approximate surface area is 117 Å². The lowest BCUT2D eigenvalue weighted by Crippen LogP contribution is -2.11. The van der Waals surface area contributed by atoms with Gasteiger partial charge in [-0.25, -0.2) is 0 Å². The van der Waals surface area contributed by atoms with E-state index in [0.717, 1.165) is 17.2 Å². The quantitative estimate of drug-likeness (QED) is 0.601. The number of alkyl halides is 2. The lowest BCUT2D eigenvalue weighted by atomic mass is 10.0. The third kappa shape index (κ3) is 1.97. The van der Waals surface area contributed by atoms with Crippen LogP contribution in [0.25, 0.3) is 11.1 Å². The monoisotopic (exact) mass is 290 g/mol. The van der Waals surface area contributed by atoms with Crippen LogP contribution in [-0.4, -0.2) is 6.03 Å². The van der Waals surface area contributed by atoms with Gasteiger partial charge in [0, 0.05) is 11.1 Å². The number of hydrogen-bond acceptors (Lipinski definition) is 1. The van der Waals surface area contributed by atoms with Crippen molar-refractivity contribution in [2.45, 2.75) is 19.0 Å². The maximum Gasteiger partial charge on any atom is 0.299 e. The van der Waals surface area contributed by atoms with Gasteiger partial charge < -0.3 is 0 Å². The van der Waals surface area contributed by atoms with Gasteiger partial charge in [0.1, 0.15) is 6.03 Å². The SMILES string of the molecule is Cc1ccc2c(c1)C(F)(F)c1cc(CPC=O)ccc1-2. The number of rotatable bonds is 3. The first-order valence-corrected chi connectivity index (χ1v) is 7.62. The van der Waals surface area contributed by atoms with Gasteiger partial charge in [0.25, 0.3) is 5.92 Å². The van der Waals surface area contributed by atoms with Gasteiger partial charge in [-0.3, -0.25) is 4.79 Å². The van der Waals surface area contributed by atoms with Crippen LogP contribution in [0.1, 0.15) is 22.3 Å². The van der Waals surface area contributed by atoms with Crippen molar-refractivity contribution in [1.82, 2.24) is 0 Å². The van der Waals surface area contributed by atoms with E-state index >= 15 is 0 Å². The van der Waals surface area contributed by atoms with Gasteiger partial charge in [0.15, 0.2) is 0 Å². The molecule has 1 atom stereocenters. The lowest BCUT2D eigenvalue weighted by Gasteiger charge is -2.13. The molecule has 0 saturated heterocycles. The number of fused-ring (bicyclic) bond motifs is 3. The zero-order chi connectivity index (χ0) is 14.3. The van der Waals surface area contributed by atoms with E-state index in [1.807, 2.05) is 19.1 Å². The zero-order valence-corrected chi connectivity index (χ0v) is 11.9. The van der Waals surface area contributed by atoms with E-state index in [2.05, 4.69) is 0 Å². The summed E-state index contributed by atoms with van der Waals surface area (Å²) < 4.78 is 29.1. The van der Waals surface area contributed by atoms with Gasteiger partial charge >= 0.3 is 0 Å². The molecule has 0 fully saturated rings. The molecule has 20 heavy (non-hydrogen) atoms. The van der Waals surface area contributed by atoms with E-state index in [4.69, 9.17) is 0 Å². The number of hydrogen-bond donors (Lipinski definition) is 0. The first-order chi connectivity index (χ1) is 9.54. The summed E-state index contributed by atoms with van der Waals surface area (Å²) in [5, 5.41) is 0. The Hall–Kier alpha value is -1.60. The van der Waals surface area contributed by atoms with Crippen molar-refractivity contribution in [3.8, 4) is 11.1 Å². The van der Waals surface area contributed by atoms with Crippen molar-refractivity contribution in [3.63, 3.8) is 0 Å². The smallest absolute Gasteiger partial charge is 0.299 e. The average Bonchev–Trinajstić information content (AvgIpc) is 2.65. The highest BCUT2D eigenvalue weighted by Gasteiger charge is 2.44. The van der Waals surface area contributed by atoms with E-state index < -0.39 is 5.92 Å². The van der Waals surface area contributed by atoms with Crippen LogP contribution in [0.3, 0.4) is 0 Å². The Morgan fingerprint density at radius 2 is 1.75 bits per heavy atom. The molecule has 102 valence electrons. The molecule has 1 aliphatic rings. The van der Waals surface area contributed by atoms with Crippen molar-refractivity contribution in [1.29, 1.82) is 0 Å². The minimum Gasteiger partial charge on any atom is -0.299 e. The van der Waals surface area contributed by atoms with Gasteiger partial charge in [-0.15, -0.1) is 0 Å². The number of halogens is 2. The topological polar surface area (TPSA) is 17.1 Å². The van der Waals surface area contributed by atoms with Crippen LogP contribution < -0.4 is 0 Å². The number of carbonyl (C=O) groups excluding carboxylic acids is 1. The maximum absolute atomic E-state index is 14.5. The second kappa shape index (κ2) is 4.75. The molecule has 0 heterocycles. The van der Waals surface area contributed by atoms with Gasteiger partial charge in [0.2, 0.25) is 0 Å². The predicted molar refractivity (Wildman–Crippen MR) is 78.4 cm³/mol. The normalized spacial score (nSPS) is 15.3. The summed E-state index contributed by atoms with van der Waals surface area (Å²) in [5.74, 6) is -2.95. The molecule has 3 rings (SSSR count). The summed E-state index contributed by atoms with van der Waals surface area (Å²) in [7, 11) is 0.121. The summed E-state index contributed by atoms with van der Waals surface area (Å²) >= 11 is 0. The molecule has 0 aromatic heterocycles. The average molecular weight is 290 g/mol. The first-order valence-electron chi connectivity index (χ1n) is 6.34. The third-order valence-corrected chi connectivity index (χ3v) is 4.39. The Kier molecular flexibility index (Phi) is 3.18. The standard InChI is InChI=1S/C16H13F2OP/c1-10-2-4-12-13-5-3-11(8-20-9-19)7-15(13)16(17,18)14(12)6-10/h2-7,9,20H,8H2,1H3. The molecule has 0 saturated carbocycles. The van der Waals surface area contributed by atoms with Crippen molar-refractivity contribution in [2.24, 2.45) is 0 Å². The van der Waals surface area contributed by atoms with Gasteiger partial charge in [-0.05, 0) is 50.5 Å². The number of carbonyl (C=O) groups is 1.